The third-order valence-corrected chi connectivity index (χ3v) is 3.99. The highest BCUT2D eigenvalue weighted by Crippen LogP contribution is 2.15. The number of carbonyl (C=O) groups excluding carboxylic acids is 1. The highest BCUT2D eigenvalue weighted by Gasteiger charge is 2.24. The zero-order valence-corrected chi connectivity index (χ0v) is 14.4. The number of rotatable bonds is 6. The Balaban J connectivity index is 1.93. The van der Waals surface area contributed by atoms with Crippen LogP contribution < -0.4 is 15.1 Å². The summed E-state index contributed by atoms with van der Waals surface area (Å²) in [4.78, 5) is 18.9. The van der Waals surface area contributed by atoms with Gasteiger partial charge < -0.3 is 14.5 Å². The normalized spacial score (nSPS) is 21.0. The van der Waals surface area contributed by atoms with Gasteiger partial charge in [-0.05, 0) is 37.6 Å². The monoisotopic (exact) mass is 319 g/mol. The van der Waals surface area contributed by atoms with E-state index in [9.17, 15) is 4.79 Å². The van der Waals surface area contributed by atoms with Crippen LogP contribution in [0.5, 0.6) is 5.75 Å². The quantitative estimate of drug-likeness (QED) is 0.782. The van der Waals surface area contributed by atoms with Crippen LogP contribution in [0.1, 0.15) is 37.6 Å². The highest BCUT2D eigenvalue weighted by molar-refractivity contribution is 5.89. The van der Waals surface area contributed by atoms with E-state index in [1.54, 1.807) is 24.3 Å². The van der Waals surface area contributed by atoms with E-state index in [2.05, 4.69) is 33.3 Å². The minimum atomic E-state index is -0.384. The molecule has 0 radical (unpaired) electrons. The zero-order chi connectivity index (χ0) is 16.8. The summed E-state index contributed by atoms with van der Waals surface area (Å²) in [7, 11) is 2.17. The highest BCUT2D eigenvalue weighted by atomic mass is 16.7. The SMILES string of the molecule is CCCOc1ccc(C(=O)ONC2=C(C)C[NH+](C)C[C@H]2C)cc1. The van der Waals surface area contributed by atoms with Crippen molar-refractivity contribution < 1.29 is 19.3 Å². The lowest BCUT2D eigenvalue weighted by molar-refractivity contribution is -0.879. The van der Waals surface area contributed by atoms with Crippen LogP contribution in [0.2, 0.25) is 0 Å². The van der Waals surface area contributed by atoms with E-state index < -0.39 is 0 Å². The number of carbonyl (C=O) groups is 1. The lowest BCUT2D eigenvalue weighted by atomic mass is 9.99. The Morgan fingerprint density at radius 2 is 2.04 bits per heavy atom. The van der Waals surface area contributed by atoms with E-state index in [1.807, 2.05) is 0 Å². The molecule has 1 heterocycles. The summed E-state index contributed by atoms with van der Waals surface area (Å²) in [5.41, 5.74) is 5.63. The smallest absolute Gasteiger partial charge is 0.362 e. The van der Waals surface area contributed by atoms with Gasteiger partial charge in [0.15, 0.2) is 0 Å². The number of ether oxygens (including phenoxy) is 1. The summed E-state index contributed by atoms with van der Waals surface area (Å²) in [6.45, 7) is 8.94. The van der Waals surface area contributed by atoms with Gasteiger partial charge in [-0.15, -0.1) is 0 Å². The molecule has 5 heteroatoms. The molecule has 1 aromatic carbocycles. The van der Waals surface area contributed by atoms with Gasteiger partial charge in [-0.25, -0.2) is 10.3 Å². The van der Waals surface area contributed by atoms with Crippen molar-refractivity contribution in [3.8, 4) is 5.75 Å². The fraction of sp³-hybridized carbons (Fsp3) is 0.500. The second-order valence-electron chi connectivity index (χ2n) is 6.30. The molecule has 2 atom stereocenters. The average Bonchev–Trinajstić information content (AvgIpc) is 2.52. The molecule has 1 unspecified atom stereocenters. The second kappa shape index (κ2) is 8.02. The third-order valence-electron chi connectivity index (χ3n) is 3.99. The number of benzene rings is 1. The maximum Gasteiger partial charge on any atom is 0.362 e. The minimum absolute atomic E-state index is 0.348. The first-order valence-electron chi connectivity index (χ1n) is 8.22. The van der Waals surface area contributed by atoms with E-state index in [4.69, 9.17) is 9.57 Å². The number of hydrogen-bond acceptors (Lipinski definition) is 4. The van der Waals surface area contributed by atoms with Crippen molar-refractivity contribution >= 4 is 5.97 Å². The molecule has 0 bridgehead atoms. The molecule has 126 valence electrons. The van der Waals surface area contributed by atoms with Crippen LogP contribution in [0.15, 0.2) is 35.5 Å². The molecule has 0 saturated heterocycles. The van der Waals surface area contributed by atoms with E-state index in [0.717, 1.165) is 31.0 Å². The molecule has 23 heavy (non-hydrogen) atoms. The zero-order valence-electron chi connectivity index (χ0n) is 14.4. The predicted molar refractivity (Wildman–Crippen MR) is 89.3 cm³/mol. The lowest BCUT2D eigenvalue weighted by Crippen LogP contribution is -3.10. The Morgan fingerprint density at radius 3 is 2.65 bits per heavy atom. The van der Waals surface area contributed by atoms with Gasteiger partial charge in [-0.1, -0.05) is 13.8 Å². The summed E-state index contributed by atoms with van der Waals surface area (Å²) in [5.74, 6) is 0.731. The maximum atomic E-state index is 12.1. The van der Waals surface area contributed by atoms with Gasteiger partial charge in [0.05, 0.1) is 31.5 Å². The topological polar surface area (TPSA) is 52.0 Å². The van der Waals surface area contributed by atoms with E-state index in [0.29, 0.717) is 18.1 Å². The summed E-state index contributed by atoms with van der Waals surface area (Å²) in [6.07, 6.45) is 0.956. The molecule has 5 nitrogen and oxygen atoms in total. The first-order valence-corrected chi connectivity index (χ1v) is 8.22. The van der Waals surface area contributed by atoms with Crippen molar-refractivity contribution in [3.63, 3.8) is 0 Å². The molecule has 1 aliphatic rings. The molecule has 2 N–H and O–H groups in total. The molecule has 2 rings (SSSR count). The van der Waals surface area contributed by atoms with Crippen LogP contribution in [0, 0.1) is 5.92 Å². The van der Waals surface area contributed by atoms with Gasteiger partial charge in [0.2, 0.25) is 0 Å². The van der Waals surface area contributed by atoms with Crippen LogP contribution in [-0.4, -0.2) is 32.7 Å². The van der Waals surface area contributed by atoms with Gasteiger partial charge >= 0.3 is 5.97 Å². The van der Waals surface area contributed by atoms with Crippen molar-refractivity contribution in [2.24, 2.45) is 5.92 Å². The first kappa shape index (κ1) is 17.3. The Morgan fingerprint density at radius 1 is 1.35 bits per heavy atom. The van der Waals surface area contributed by atoms with Crippen LogP contribution in [-0.2, 0) is 4.84 Å². The maximum absolute atomic E-state index is 12.1. The van der Waals surface area contributed by atoms with Crippen molar-refractivity contribution in [1.82, 2.24) is 5.48 Å². The second-order valence-corrected chi connectivity index (χ2v) is 6.30. The fourth-order valence-corrected chi connectivity index (χ4v) is 2.92. The van der Waals surface area contributed by atoms with E-state index in [-0.39, 0.29) is 5.97 Å². The van der Waals surface area contributed by atoms with Crippen molar-refractivity contribution in [1.29, 1.82) is 0 Å². The molecule has 0 aliphatic carbocycles. The van der Waals surface area contributed by atoms with Gasteiger partial charge in [0, 0.05) is 11.5 Å². The Hall–Kier alpha value is -2.01. The molecule has 0 amide bonds. The van der Waals surface area contributed by atoms with Gasteiger partial charge in [0.1, 0.15) is 12.3 Å². The fourth-order valence-electron chi connectivity index (χ4n) is 2.92. The minimum Gasteiger partial charge on any atom is -0.494 e. The first-order chi connectivity index (χ1) is 11.0. The number of quaternary nitrogens is 1. The summed E-state index contributed by atoms with van der Waals surface area (Å²) in [5, 5.41) is 0. The Labute approximate surface area is 138 Å². The summed E-state index contributed by atoms with van der Waals surface area (Å²) in [6, 6.07) is 7.02. The lowest BCUT2D eigenvalue weighted by Gasteiger charge is -2.28. The van der Waals surface area contributed by atoms with Crippen molar-refractivity contribution in [2.45, 2.75) is 27.2 Å². The molecule has 0 fully saturated rings. The van der Waals surface area contributed by atoms with Crippen LogP contribution in [0.4, 0.5) is 0 Å². The van der Waals surface area contributed by atoms with Gasteiger partial charge in [0.25, 0.3) is 0 Å². The predicted octanol–water partition coefficient (Wildman–Crippen LogP) is 1.58. The Bertz CT molecular complexity index is 566. The number of nitrogens with one attached hydrogen (secondary N) is 2. The van der Waals surface area contributed by atoms with E-state index >= 15 is 0 Å². The molecule has 1 aliphatic heterocycles. The van der Waals surface area contributed by atoms with Crippen LogP contribution >= 0.6 is 0 Å². The molecule has 0 spiro atoms. The van der Waals surface area contributed by atoms with Gasteiger partial charge in [-0.2, -0.15) is 0 Å². The molecule has 1 aromatic rings. The molecule has 0 aromatic heterocycles. The third kappa shape index (κ3) is 4.73. The standard InChI is InChI=1S/C18H26N2O3/c1-5-10-22-16-8-6-15(7-9-16)18(21)23-19-17-13(2)11-20(4)12-14(17)3/h6-9,13,19H,5,10-12H2,1-4H3/p+1/t13-/m1/s1. The Kier molecular flexibility index (Phi) is 6.04. The molecule has 0 saturated carbocycles. The molecular formula is C18H27N2O3+. The van der Waals surface area contributed by atoms with E-state index in [1.165, 1.54) is 10.5 Å². The van der Waals surface area contributed by atoms with Gasteiger partial charge in [-0.3, -0.25) is 0 Å². The number of likely N-dealkylation sites (N-methyl/N-ethyl adjacent to an activating group) is 1. The average molecular weight is 319 g/mol. The van der Waals surface area contributed by atoms with Crippen LogP contribution in [0.3, 0.4) is 0 Å². The van der Waals surface area contributed by atoms with Crippen LogP contribution in [0.25, 0.3) is 0 Å². The van der Waals surface area contributed by atoms with Crippen molar-refractivity contribution in [3.05, 3.63) is 41.1 Å². The number of hydrogen-bond donors (Lipinski definition) is 2. The van der Waals surface area contributed by atoms with Crippen molar-refractivity contribution in [2.75, 3.05) is 26.7 Å². The largest absolute Gasteiger partial charge is 0.494 e. The number of hydroxylamine groups is 1. The summed E-state index contributed by atoms with van der Waals surface area (Å²) < 4.78 is 5.51. The summed E-state index contributed by atoms with van der Waals surface area (Å²) >= 11 is 0. The molecular weight excluding hydrogens is 292 g/mol.